The molecule has 0 saturated carbocycles. The van der Waals surface area contributed by atoms with Crippen molar-refractivity contribution in [2.75, 3.05) is 13.1 Å². The quantitative estimate of drug-likeness (QED) is 0.624. The summed E-state index contributed by atoms with van der Waals surface area (Å²) in [4.78, 5) is 0. The lowest BCUT2D eigenvalue weighted by molar-refractivity contribution is 0.550. The summed E-state index contributed by atoms with van der Waals surface area (Å²) in [6, 6.07) is 0.455. The van der Waals surface area contributed by atoms with Gasteiger partial charge in [-0.3, -0.25) is 0 Å². The summed E-state index contributed by atoms with van der Waals surface area (Å²) in [6.07, 6.45) is 0.824. The molecule has 0 aromatic carbocycles. The van der Waals surface area contributed by atoms with Gasteiger partial charge in [0.15, 0.2) is 0 Å². The summed E-state index contributed by atoms with van der Waals surface area (Å²) in [5, 5.41) is 2.88. The molecule has 0 atom stereocenters. The molecule has 0 amide bonds. The normalized spacial score (nSPS) is 12.7. The molecule has 0 aliphatic carbocycles. The number of nitrogens with one attached hydrogen (secondary N) is 2. The van der Waals surface area contributed by atoms with E-state index in [1.807, 2.05) is 0 Å². The van der Waals surface area contributed by atoms with E-state index >= 15 is 0 Å². The van der Waals surface area contributed by atoms with Crippen LogP contribution in [-0.4, -0.2) is 32.8 Å². The third-order valence-corrected chi connectivity index (χ3v) is 3.68. The van der Waals surface area contributed by atoms with E-state index in [4.69, 9.17) is 0 Å². The number of hydrogen-bond acceptors (Lipinski definition) is 3. The van der Waals surface area contributed by atoms with E-state index in [0.29, 0.717) is 12.6 Å². The molecule has 0 radical (unpaired) electrons. The van der Waals surface area contributed by atoms with Crippen LogP contribution < -0.4 is 10.0 Å². The molecule has 2 N–H and O–H groups in total. The van der Waals surface area contributed by atoms with Crippen molar-refractivity contribution in [2.24, 2.45) is 0 Å². The van der Waals surface area contributed by atoms with Gasteiger partial charge < -0.3 is 5.32 Å². The van der Waals surface area contributed by atoms with Crippen molar-refractivity contribution in [3.8, 4) is 0 Å². The zero-order chi connectivity index (χ0) is 11.2. The first kappa shape index (κ1) is 13.9. The van der Waals surface area contributed by atoms with E-state index in [-0.39, 0.29) is 5.25 Å². The Hall–Kier alpha value is -0.130. The van der Waals surface area contributed by atoms with Crippen LogP contribution in [0.25, 0.3) is 0 Å². The Balaban J connectivity index is 3.55. The van der Waals surface area contributed by atoms with Gasteiger partial charge in [-0.1, -0.05) is 13.8 Å². The largest absolute Gasteiger partial charge is 0.314 e. The molecular formula is C9H22N2O2S. The molecule has 86 valence electrons. The van der Waals surface area contributed by atoms with Gasteiger partial charge in [0, 0.05) is 12.6 Å². The molecule has 0 aliphatic heterocycles. The third-order valence-electron chi connectivity index (χ3n) is 1.83. The molecule has 0 aromatic heterocycles. The second kappa shape index (κ2) is 6.37. The molecule has 5 heteroatoms. The van der Waals surface area contributed by atoms with Crippen LogP contribution in [0.4, 0.5) is 0 Å². The summed E-state index contributed by atoms with van der Waals surface area (Å²) in [7, 11) is -3.08. The minimum atomic E-state index is -3.08. The Kier molecular flexibility index (Phi) is 6.31. The van der Waals surface area contributed by atoms with Crippen LogP contribution in [0.1, 0.15) is 34.1 Å². The molecule has 0 heterocycles. The van der Waals surface area contributed by atoms with Gasteiger partial charge in [-0.15, -0.1) is 0 Å². The minimum absolute atomic E-state index is 0.347. The average Bonchev–Trinajstić information content (AvgIpc) is 2.02. The SMILES string of the molecule is CC(C)NCCCNS(=O)(=O)C(C)C. The number of hydrogen-bond donors (Lipinski definition) is 2. The lowest BCUT2D eigenvalue weighted by Gasteiger charge is -2.10. The van der Waals surface area contributed by atoms with E-state index in [1.165, 1.54) is 0 Å². The summed E-state index contributed by atoms with van der Waals surface area (Å²) < 4.78 is 25.2. The predicted molar refractivity (Wildman–Crippen MR) is 59.8 cm³/mol. The summed E-state index contributed by atoms with van der Waals surface area (Å²) in [5.41, 5.74) is 0. The van der Waals surface area contributed by atoms with Gasteiger partial charge in [0.1, 0.15) is 0 Å². The van der Waals surface area contributed by atoms with Gasteiger partial charge in [-0.25, -0.2) is 13.1 Å². The fourth-order valence-corrected chi connectivity index (χ4v) is 1.62. The third kappa shape index (κ3) is 6.34. The van der Waals surface area contributed by atoms with Crippen molar-refractivity contribution in [1.29, 1.82) is 0 Å². The molecule has 0 saturated heterocycles. The molecular weight excluding hydrogens is 200 g/mol. The molecule has 0 aromatic rings. The number of rotatable bonds is 7. The molecule has 0 bridgehead atoms. The van der Waals surface area contributed by atoms with Crippen LogP contribution in [-0.2, 0) is 10.0 Å². The van der Waals surface area contributed by atoms with Crippen molar-refractivity contribution in [3.63, 3.8) is 0 Å². The first-order valence-electron chi connectivity index (χ1n) is 5.08. The highest BCUT2D eigenvalue weighted by atomic mass is 32.2. The second-order valence-corrected chi connectivity index (χ2v) is 6.27. The van der Waals surface area contributed by atoms with Crippen LogP contribution in [0.5, 0.6) is 0 Å². The predicted octanol–water partition coefficient (Wildman–Crippen LogP) is 0.702. The van der Waals surface area contributed by atoms with E-state index in [0.717, 1.165) is 13.0 Å². The van der Waals surface area contributed by atoms with E-state index in [2.05, 4.69) is 23.9 Å². The van der Waals surface area contributed by atoms with E-state index in [1.54, 1.807) is 13.8 Å². The van der Waals surface area contributed by atoms with E-state index < -0.39 is 10.0 Å². The maximum atomic E-state index is 11.3. The van der Waals surface area contributed by atoms with Crippen molar-refractivity contribution in [3.05, 3.63) is 0 Å². The minimum Gasteiger partial charge on any atom is -0.314 e. The fourth-order valence-electron chi connectivity index (χ4n) is 0.860. The van der Waals surface area contributed by atoms with Crippen LogP contribution in [0, 0.1) is 0 Å². The second-order valence-electron chi connectivity index (χ2n) is 3.95. The maximum absolute atomic E-state index is 11.3. The van der Waals surface area contributed by atoms with Gasteiger partial charge in [-0.2, -0.15) is 0 Å². The van der Waals surface area contributed by atoms with Crippen LogP contribution in [0.2, 0.25) is 0 Å². The molecule has 0 aliphatic rings. The molecule has 0 rings (SSSR count). The van der Waals surface area contributed by atoms with Gasteiger partial charge in [-0.05, 0) is 26.8 Å². The highest BCUT2D eigenvalue weighted by Crippen LogP contribution is 1.95. The van der Waals surface area contributed by atoms with Crippen LogP contribution in [0.3, 0.4) is 0 Å². The van der Waals surface area contributed by atoms with Gasteiger partial charge in [0.2, 0.25) is 10.0 Å². The Bertz CT molecular complexity index is 235. The molecule has 0 unspecified atom stereocenters. The van der Waals surface area contributed by atoms with E-state index in [9.17, 15) is 8.42 Å². The molecule has 14 heavy (non-hydrogen) atoms. The van der Waals surface area contributed by atoms with Crippen LogP contribution in [0.15, 0.2) is 0 Å². The topological polar surface area (TPSA) is 58.2 Å². The Labute approximate surface area is 87.5 Å². The highest BCUT2D eigenvalue weighted by Gasteiger charge is 2.13. The Morgan fingerprint density at radius 3 is 2.07 bits per heavy atom. The lowest BCUT2D eigenvalue weighted by atomic mass is 10.3. The Morgan fingerprint density at radius 2 is 1.64 bits per heavy atom. The monoisotopic (exact) mass is 222 g/mol. The summed E-state index contributed by atoms with van der Waals surface area (Å²) in [6.45, 7) is 8.85. The lowest BCUT2D eigenvalue weighted by Crippen LogP contribution is -2.33. The van der Waals surface area contributed by atoms with Gasteiger partial charge >= 0.3 is 0 Å². The standard InChI is InChI=1S/C9H22N2O2S/c1-8(2)10-6-5-7-11-14(12,13)9(3)4/h8-11H,5-7H2,1-4H3. The maximum Gasteiger partial charge on any atom is 0.213 e. The number of sulfonamides is 1. The summed E-state index contributed by atoms with van der Waals surface area (Å²) >= 11 is 0. The van der Waals surface area contributed by atoms with Gasteiger partial charge in [0.05, 0.1) is 5.25 Å². The van der Waals surface area contributed by atoms with Crippen LogP contribution >= 0.6 is 0 Å². The summed E-state index contributed by atoms with van der Waals surface area (Å²) in [5.74, 6) is 0. The molecule has 4 nitrogen and oxygen atoms in total. The smallest absolute Gasteiger partial charge is 0.213 e. The van der Waals surface area contributed by atoms with Crippen molar-refractivity contribution in [2.45, 2.75) is 45.4 Å². The first-order chi connectivity index (χ1) is 6.36. The first-order valence-corrected chi connectivity index (χ1v) is 6.62. The zero-order valence-electron chi connectivity index (χ0n) is 9.50. The molecule has 0 spiro atoms. The fraction of sp³-hybridized carbons (Fsp3) is 1.00. The van der Waals surface area contributed by atoms with Crippen molar-refractivity contribution in [1.82, 2.24) is 10.0 Å². The molecule has 0 fully saturated rings. The van der Waals surface area contributed by atoms with Gasteiger partial charge in [0.25, 0.3) is 0 Å². The Morgan fingerprint density at radius 1 is 1.07 bits per heavy atom. The highest BCUT2D eigenvalue weighted by molar-refractivity contribution is 7.90. The van der Waals surface area contributed by atoms with Crippen molar-refractivity contribution >= 4 is 10.0 Å². The van der Waals surface area contributed by atoms with Crippen molar-refractivity contribution < 1.29 is 8.42 Å². The average molecular weight is 222 g/mol. The zero-order valence-corrected chi connectivity index (χ0v) is 10.3.